The molecule has 3 heteroatoms. The highest BCUT2D eigenvalue weighted by molar-refractivity contribution is 7.09. The molecule has 2 nitrogen and oxygen atoms in total. The van der Waals surface area contributed by atoms with Crippen LogP contribution in [0.2, 0.25) is 0 Å². The molecule has 0 spiro atoms. The van der Waals surface area contributed by atoms with Crippen LogP contribution in [0.15, 0.2) is 11.7 Å². The highest BCUT2D eigenvalue weighted by atomic mass is 32.1. The average Bonchev–Trinajstić information content (AvgIpc) is 2.51. The molecule has 1 atom stereocenters. The molecule has 2 N–H and O–H groups in total. The molecular weight excluding hydrogens is 168 g/mol. The van der Waals surface area contributed by atoms with Gasteiger partial charge in [-0.2, -0.15) is 0 Å². The molecule has 0 aromatic carbocycles. The van der Waals surface area contributed by atoms with E-state index in [1.165, 1.54) is 4.88 Å². The van der Waals surface area contributed by atoms with Gasteiger partial charge in [0.15, 0.2) is 0 Å². The molecule has 0 aliphatic heterocycles. The molecule has 0 bridgehead atoms. The van der Waals surface area contributed by atoms with Crippen molar-refractivity contribution in [1.29, 1.82) is 0 Å². The van der Waals surface area contributed by atoms with Crippen LogP contribution in [0.25, 0.3) is 0 Å². The van der Waals surface area contributed by atoms with E-state index in [4.69, 9.17) is 5.73 Å². The summed E-state index contributed by atoms with van der Waals surface area (Å²) in [4.78, 5) is 5.36. The van der Waals surface area contributed by atoms with Crippen molar-refractivity contribution in [3.8, 4) is 0 Å². The Morgan fingerprint density at radius 1 is 1.58 bits per heavy atom. The minimum absolute atomic E-state index is 0.326. The van der Waals surface area contributed by atoms with E-state index < -0.39 is 0 Å². The van der Waals surface area contributed by atoms with Gasteiger partial charge in [-0.3, -0.25) is 4.98 Å². The average molecular weight is 184 g/mol. The third-order valence-electron chi connectivity index (χ3n) is 2.06. The van der Waals surface area contributed by atoms with E-state index in [9.17, 15) is 0 Å². The van der Waals surface area contributed by atoms with E-state index in [-0.39, 0.29) is 0 Å². The smallest absolute Gasteiger partial charge is 0.0794 e. The van der Waals surface area contributed by atoms with Gasteiger partial charge in [-0.1, -0.05) is 13.8 Å². The Bertz CT molecular complexity index is 206. The van der Waals surface area contributed by atoms with Gasteiger partial charge in [-0.05, 0) is 18.8 Å². The fourth-order valence-electron chi connectivity index (χ4n) is 1.01. The standard InChI is InChI=1S/C9H16N2S/c1-7(2)9(10)4-3-8-5-11-6-12-8/h5-7,9H,3-4,10H2,1-2H3. The van der Waals surface area contributed by atoms with E-state index in [1.807, 2.05) is 11.7 Å². The van der Waals surface area contributed by atoms with Crippen molar-refractivity contribution in [1.82, 2.24) is 4.98 Å². The van der Waals surface area contributed by atoms with Crippen LogP contribution in [0.4, 0.5) is 0 Å². The molecule has 0 aliphatic carbocycles. The summed E-state index contributed by atoms with van der Waals surface area (Å²) < 4.78 is 0. The van der Waals surface area contributed by atoms with Crippen LogP contribution in [0, 0.1) is 5.92 Å². The zero-order chi connectivity index (χ0) is 8.97. The zero-order valence-electron chi connectivity index (χ0n) is 7.66. The molecule has 1 aromatic heterocycles. The molecule has 0 saturated carbocycles. The Morgan fingerprint density at radius 3 is 2.83 bits per heavy atom. The first-order valence-electron chi connectivity index (χ1n) is 4.33. The maximum Gasteiger partial charge on any atom is 0.0794 e. The van der Waals surface area contributed by atoms with Crippen LogP contribution in [0.1, 0.15) is 25.1 Å². The van der Waals surface area contributed by atoms with Crippen molar-refractivity contribution in [3.63, 3.8) is 0 Å². The topological polar surface area (TPSA) is 38.9 Å². The largest absolute Gasteiger partial charge is 0.327 e. The normalized spacial score (nSPS) is 13.7. The number of hydrogen-bond donors (Lipinski definition) is 1. The Balaban J connectivity index is 2.27. The molecule has 0 fully saturated rings. The molecule has 1 unspecified atom stereocenters. The van der Waals surface area contributed by atoms with Crippen LogP contribution in [-0.2, 0) is 6.42 Å². The number of nitrogens with zero attached hydrogens (tertiary/aromatic N) is 1. The molecule has 1 aromatic rings. The van der Waals surface area contributed by atoms with E-state index in [2.05, 4.69) is 18.8 Å². The lowest BCUT2D eigenvalue weighted by Crippen LogP contribution is -2.26. The summed E-state index contributed by atoms with van der Waals surface area (Å²) in [5, 5.41) is 0. The monoisotopic (exact) mass is 184 g/mol. The Kier molecular flexibility index (Phi) is 3.69. The summed E-state index contributed by atoms with van der Waals surface area (Å²) in [5.74, 6) is 0.581. The maximum atomic E-state index is 5.92. The summed E-state index contributed by atoms with van der Waals surface area (Å²) in [7, 11) is 0. The van der Waals surface area contributed by atoms with Crippen LogP contribution < -0.4 is 5.73 Å². The molecule has 1 rings (SSSR count). The zero-order valence-corrected chi connectivity index (χ0v) is 8.47. The van der Waals surface area contributed by atoms with Gasteiger partial charge < -0.3 is 5.73 Å². The third-order valence-corrected chi connectivity index (χ3v) is 2.90. The van der Waals surface area contributed by atoms with Crippen molar-refractivity contribution in [3.05, 3.63) is 16.6 Å². The van der Waals surface area contributed by atoms with Crippen molar-refractivity contribution in [2.75, 3.05) is 0 Å². The van der Waals surface area contributed by atoms with Gasteiger partial charge >= 0.3 is 0 Å². The van der Waals surface area contributed by atoms with Gasteiger partial charge in [-0.15, -0.1) is 11.3 Å². The van der Waals surface area contributed by atoms with Gasteiger partial charge in [0, 0.05) is 17.1 Å². The first kappa shape index (κ1) is 9.68. The lowest BCUT2D eigenvalue weighted by molar-refractivity contribution is 0.465. The second kappa shape index (κ2) is 4.58. The van der Waals surface area contributed by atoms with Gasteiger partial charge in [-0.25, -0.2) is 0 Å². The lowest BCUT2D eigenvalue weighted by atomic mass is 10.0. The highest BCUT2D eigenvalue weighted by Gasteiger charge is 2.07. The van der Waals surface area contributed by atoms with E-state index in [0.717, 1.165) is 12.8 Å². The number of nitrogens with two attached hydrogens (primary N) is 1. The van der Waals surface area contributed by atoms with Gasteiger partial charge in [0.2, 0.25) is 0 Å². The second-order valence-corrected chi connectivity index (χ2v) is 4.39. The molecular formula is C9H16N2S. The van der Waals surface area contributed by atoms with Crippen LogP contribution >= 0.6 is 11.3 Å². The van der Waals surface area contributed by atoms with E-state index >= 15 is 0 Å². The maximum absolute atomic E-state index is 5.92. The summed E-state index contributed by atoms with van der Waals surface area (Å²) in [6, 6.07) is 0.326. The fraction of sp³-hybridized carbons (Fsp3) is 0.667. The highest BCUT2D eigenvalue weighted by Crippen LogP contribution is 2.12. The Morgan fingerprint density at radius 2 is 2.33 bits per heavy atom. The summed E-state index contributed by atoms with van der Waals surface area (Å²) in [5.41, 5.74) is 7.79. The number of hydrogen-bond acceptors (Lipinski definition) is 3. The molecule has 12 heavy (non-hydrogen) atoms. The SMILES string of the molecule is CC(C)C(N)CCc1cncs1. The Labute approximate surface area is 77.8 Å². The van der Waals surface area contributed by atoms with Crippen molar-refractivity contribution in [2.24, 2.45) is 11.7 Å². The van der Waals surface area contributed by atoms with Crippen molar-refractivity contribution < 1.29 is 0 Å². The number of rotatable bonds is 4. The minimum atomic E-state index is 0.326. The van der Waals surface area contributed by atoms with Gasteiger partial charge in [0.1, 0.15) is 0 Å². The molecule has 0 aliphatic rings. The van der Waals surface area contributed by atoms with Gasteiger partial charge in [0.05, 0.1) is 5.51 Å². The van der Waals surface area contributed by atoms with E-state index in [0.29, 0.717) is 12.0 Å². The minimum Gasteiger partial charge on any atom is -0.327 e. The van der Waals surface area contributed by atoms with Crippen molar-refractivity contribution in [2.45, 2.75) is 32.7 Å². The number of aromatic nitrogens is 1. The fourth-order valence-corrected chi connectivity index (χ4v) is 1.62. The summed E-state index contributed by atoms with van der Waals surface area (Å²) >= 11 is 1.71. The first-order chi connectivity index (χ1) is 5.70. The molecule has 0 radical (unpaired) electrons. The second-order valence-electron chi connectivity index (χ2n) is 3.41. The molecule has 0 amide bonds. The quantitative estimate of drug-likeness (QED) is 0.778. The van der Waals surface area contributed by atoms with Crippen molar-refractivity contribution >= 4 is 11.3 Å². The van der Waals surface area contributed by atoms with Crippen LogP contribution in [0.3, 0.4) is 0 Å². The lowest BCUT2D eigenvalue weighted by Gasteiger charge is -2.14. The molecule has 68 valence electrons. The number of aryl methyl sites for hydroxylation is 1. The predicted octanol–water partition coefficient (Wildman–Crippen LogP) is 2.06. The van der Waals surface area contributed by atoms with Crippen LogP contribution in [-0.4, -0.2) is 11.0 Å². The summed E-state index contributed by atoms with van der Waals surface area (Å²) in [6.45, 7) is 4.33. The Hall–Kier alpha value is -0.410. The molecule has 1 heterocycles. The first-order valence-corrected chi connectivity index (χ1v) is 5.21. The van der Waals surface area contributed by atoms with Gasteiger partial charge in [0.25, 0.3) is 0 Å². The third kappa shape index (κ3) is 2.91. The van der Waals surface area contributed by atoms with E-state index in [1.54, 1.807) is 11.3 Å². The van der Waals surface area contributed by atoms with Crippen LogP contribution in [0.5, 0.6) is 0 Å². The molecule has 0 saturated heterocycles. The predicted molar refractivity (Wildman–Crippen MR) is 53.2 cm³/mol. The summed E-state index contributed by atoms with van der Waals surface area (Å²) in [6.07, 6.45) is 4.07. The number of thiazole rings is 1.